The van der Waals surface area contributed by atoms with E-state index < -0.39 is 10.0 Å². The first-order valence-electron chi connectivity index (χ1n) is 7.17. The smallest absolute Gasteiger partial charge is 0.261 e. The molecule has 1 aliphatic rings. The zero-order valence-electron chi connectivity index (χ0n) is 12.5. The van der Waals surface area contributed by atoms with Gasteiger partial charge in [-0.25, -0.2) is 8.42 Å². The summed E-state index contributed by atoms with van der Waals surface area (Å²) in [6.07, 6.45) is 0. The Kier molecular flexibility index (Phi) is 5.73. The average molecular weight is 451 g/mol. The monoisotopic (exact) mass is 450 g/mol. The van der Waals surface area contributed by atoms with Gasteiger partial charge < -0.3 is 10.1 Å². The van der Waals surface area contributed by atoms with Crippen LogP contribution in [0.1, 0.15) is 14.5 Å². The molecule has 130 valence electrons. The van der Waals surface area contributed by atoms with Crippen molar-refractivity contribution in [3.8, 4) is 0 Å². The first kappa shape index (κ1) is 18.0. The maximum Gasteiger partial charge on any atom is 0.261 e. The molecule has 1 fully saturated rings. The molecule has 0 atom stereocenters. The van der Waals surface area contributed by atoms with E-state index in [-0.39, 0.29) is 5.91 Å². The molecule has 3 rings (SSSR count). The molecule has 1 N–H and O–H groups in total. The van der Waals surface area contributed by atoms with Crippen molar-refractivity contribution in [1.82, 2.24) is 9.62 Å². The summed E-state index contributed by atoms with van der Waals surface area (Å²) < 4.78 is 32.9. The summed E-state index contributed by atoms with van der Waals surface area (Å²) in [7, 11) is -3.47. The minimum atomic E-state index is -3.47. The average Bonchev–Trinajstić information content (AvgIpc) is 3.23. The summed E-state index contributed by atoms with van der Waals surface area (Å²) in [4.78, 5) is 13.4. The number of carbonyl (C=O) groups excluding carboxylic acids is 1. The lowest BCUT2D eigenvalue weighted by atomic mass is 10.4. The van der Waals surface area contributed by atoms with Gasteiger partial charge in [0.05, 0.1) is 28.4 Å². The maximum absolute atomic E-state index is 12.6. The van der Waals surface area contributed by atoms with Crippen molar-refractivity contribution < 1.29 is 17.9 Å². The van der Waals surface area contributed by atoms with Gasteiger partial charge in [-0.3, -0.25) is 4.79 Å². The number of nitrogens with zero attached hydrogens (tertiary/aromatic N) is 1. The van der Waals surface area contributed by atoms with Gasteiger partial charge in [-0.1, -0.05) is 0 Å². The molecule has 0 aliphatic carbocycles. The van der Waals surface area contributed by atoms with Crippen LogP contribution in [0.15, 0.2) is 32.3 Å². The van der Waals surface area contributed by atoms with Gasteiger partial charge >= 0.3 is 0 Å². The molecule has 0 spiro atoms. The second-order valence-corrected chi connectivity index (χ2v) is 10.8. The summed E-state index contributed by atoms with van der Waals surface area (Å²) in [5, 5.41) is 2.81. The fourth-order valence-corrected chi connectivity index (χ4v) is 6.36. The van der Waals surface area contributed by atoms with Crippen molar-refractivity contribution in [3.63, 3.8) is 0 Å². The van der Waals surface area contributed by atoms with Crippen molar-refractivity contribution in [1.29, 1.82) is 0 Å². The number of thiophene rings is 2. The SMILES string of the molecule is O=C(NCc1ccc(S(=O)(=O)N2CCOCC2)s1)c1ccc(Br)s1. The van der Waals surface area contributed by atoms with Gasteiger partial charge in [-0.2, -0.15) is 4.31 Å². The molecular weight excluding hydrogens is 436 g/mol. The molecule has 1 saturated heterocycles. The van der Waals surface area contributed by atoms with Gasteiger partial charge in [0.2, 0.25) is 0 Å². The van der Waals surface area contributed by atoms with E-state index in [0.717, 1.165) is 8.66 Å². The Morgan fingerprint density at radius 2 is 1.96 bits per heavy atom. The summed E-state index contributed by atoms with van der Waals surface area (Å²) >= 11 is 5.86. The highest BCUT2D eigenvalue weighted by molar-refractivity contribution is 9.11. The van der Waals surface area contributed by atoms with Gasteiger partial charge in [0.1, 0.15) is 4.21 Å². The zero-order valence-corrected chi connectivity index (χ0v) is 16.6. The third kappa shape index (κ3) is 4.06. The van der Waals surface area contributed by atoms with Crippen LogP contribution < -0.4 is 5.32 Å². The second kappa shape index (κ2) is 7.63. The van der Waals surface area contributed by atoms with Crippen LogP contribution in [0.5, 0.6) is 0 Å². The minimum Gasteiger partial charge on any atom is -0.379 e. The van der Waals surface area contributed by atoms with Crippen LogP contribution in [0.4, 0.5) is 0 Å². The molecule has 0 bridgehead atoms. The van der Waals surface area contributed by atoms with Crippen molar-refractivity contribution in [2.45, 2.75) is 10.8 Å². The molecule has 1 aliphatic heterocycles. The molecule has 2 aromatic heterocycles. The molecule has 0 saturated carbocycles. The summed E-state index contributed by atoms with van der Waals surface area (Å²) in [5.41, 5.74) is 0. The Labute approximate surface area is 156 Å². The van der Waals surface area contributed by atoms with Crippen LogP contribution in [-0.2, 0) is 21.3 Å². The molecule has 3 heterocycles. The van der Waals surface area contributed by atoms with E-state index in [4.69, 9.17) is 4.74 Å². The number of nitrogens with one attached hydrogen (secondary N) is 1. The van der Waals surface area contributed by atoms with Crippen molar-refractivity contribution in [2.24, 2.45) is 0 Å². The number of halogens is 1. The highest BCUT2D eigenvalue weighted by Crippen LogP contribution is 2.26. The van der Waals surface area contributed by atoms with Crippen molar-refractivity contribution >= 4 is 54.5 Å². The van der Waals surface area contributed by atoms with E-state index in [1.807, 2.05) is 6.07 Å². The molecule has 2 aromatic rings. The number of hydrogen-bond acceptors (Lipinski definition) is 6. The number of ether oxygens (including phenoxy) is 1. The van der Waals surface area contributed by atoms with Gasteiger partial charge in [0, 0.05) is 18.0 Å². The number of sulfonamides is 1. The predicted molar refractivity (Wildman–Crippen MR) is 97.1 cm³/mol. The number of morpholine rings is 1. The summed E-state index contributed by atoms with van der Waals surface area (Å²) in [5.74, 6) is -0.170. The fraction of sp³-hybridized carbons (Fsp3) is 0.357. The van der Waals surface area contributed by atoms with E-state index in [0.29, 0.717) is 41.9 Å². The summed E-state index contributed by atoms with van der Waals surface area (Å²) in [6, 6.07) is 6.89. The first-order valence-corrected chi connectivity index (χ1v) is 11.0. The van der Waals surface area contributed by atoms with E-state index in [2.05, 4.69) is 21.2 Å². The van der Waals surface area contributed by atoms with E-state index in [9.17, 15) is 13.2 Å². The molecule has 1 amide bonds. The minimum absolute atomic E-state index is 0.170. The first-order chi connectivity index (χ1) is 11.5. The Morgan fingerprint density at radius 3 is 2.62 bits per heavy atom. The number of amides is 1. The number of rotatable bonds is 5. The second-order valence-electron chi connectivity index (χ2n) is 5.02. The Bertz CT molecular complexity index is 825. The molecule has 10 heteroatoms. The topological polar surface area (TPSA) is 75.7 Å². The van der Waals surface area contributed by atoms with Crippen LogP contribution >= 0.6 is 38.6 Å². The number of hydrogen-bond donors (Lipinski definition) is 1. The highest BCUT2D eigenvalue weighted by Gasteiger charge is 2.27. The van der Waals surface area contributed by atoms with Crippen LogP contribution in [-0.4, -0.2) is 44.9 Å². The van der Waals surface area contributed by atoms with E-state index in [1.54, 1.807) is 18.2 Å². The predicted octanol–water partition coefficient (Wildman–Crippen LogP) is 2.52. The van der Waals surface area contributed by atoms with Gasteiger partial charge in [-0.15, -0.1) is 22.7 Å². The van der Waals surface area contributed by atoms with Crippen molar-refractivity contribution in [2.75, 3.05) is 26.3 Å². The molecular formula is C14H15BrN2O4S3. The molecule has 0 unspecified atom stereocenters. The van der Waals surface area contributed by atoms with Gasteiger partial charge in [0.15, 0.2) is 0 Å². The third-order valence-electron chi connectivity index (χ3n) is 3.42. The third-order valence-corrected chi connectivity index (χ3v) is 8.50. The summed E-state index contributed by atoms with van der Waals surface area (Å²) in [6.45, 7) is 1.89. The largest absolute Gasteiger partial charge is 0.379 e. The Hall–Kier alpha value is -0.780. The Morgan fingerprint density at radius 1 is 1.21 bits per heavy atom. The quantitative estimate of drug-likeness (QED) is 0.758. The maximum atomic E-state index is 12.6. The standard InChI is InChI=1S/C14H15BrN2O4S3/c15-12-3-2-11(23-12)14(18)16-9-10-1-4-13(22-10)24(19,20)17-5-7-21-8-6-17/h1-4H,5-9H2,(H,16,18). The zero-order chi connectivity index (χ0) is 17.2. The van der Waals surface area contributed by atoms with Crippen LogP contribution in [0, 0.1) is 0 Å². The van der Waals surface area contributed by atoms with Crippen LogP contribution in [0.25, 0.3) is 0 Å². The molecule has 0 aromatic carbocycles. The van der Waals surface area contributed by atoms with Crippen molar-refractivity contribution in [3.05, 3.63) is 37.8 Å². The van der Waals surface area contributed by atoms with Gasteiger partial charge in [-0.05, 0) is 40.2 Å². The Balaban J connectivity index is 1.64. The molecule has 0 radical (unpaired) electrons. The van der Waals surface area contributed by atoms with Gasteiger partial charge in [0.25, 0.3) is 15.9 Å². The molecule has 24 heavy (non-hydrogen) atoms. The normalized spacial score (nSPS) is 16.2. The molecule has 6 nitrogen and oxygen atoms in total. The van der Waals surface area contributed by atoms with E-state index >= 15 is 0 Å². The fourth-order valence-electron chi connectivity index (χ4n) is 2.20. The highest BCUT2D eigenvalue weighted by atomic mass is 79.9. The van der Waals surface area contributed by atoms with Crippen LogP contribution in [0.3, 0.4) is 0 Å². The number of carbonyl (C=O) groups is 1. The lowest BCUT2D eigenvalue weighted by Crippen LogP contribution is -2.40. The van der Waals surface area contributed by atoms with Crippen LogP contribution in [0.2, 0.25) is 0 Å². The van der Waals surface area contributed by atoms with E-state index in [1.165, 1.54) is 27.0 Å². The lowest BCUT2D eigenvalue weighted by Gasteiger charge is -2.25. The lowest BCUT2D eigenvalue weighted by molar-refractivity contribution is 0.0731.